The average Bonchev–Trinajstić information content (AvgIpc) is 3.83. The van der Waals surface area contributed by atoms with Gasteiger partial charge in [-0.25, -0.2) is 4.98 Å². The molecule has 1 aromatic rings. The number of nitrogens with one attached hydrogen (secondary N) is 10. The fourth-order valence-electron chi connectivity index (χ4n) is 6.76. The van der Waals surface area contributed by atoms with E-state index in [4.69, 9.17) is 38.6 Å². The van der Waals surface area contributed by atoms with Crippen molar-refractivity contribution in [3.05, 3.63) is 18.2 Å². The number of carbonyl (C=O) groups is 13. The minimum Gasteiger partial charge on any atom is -0.481 e. The number of imidazole rings is 1. The number of carboxylic acid groups (broad SMARTS) is 2. The second kappa shape index (κ2) is 35.0. The summed E-state index contributed by atoms with van der Waals surface area (Å²) in [5.41, 5.74) is 27.5. The fourth-order valence-corrected chi connectivity index (χ4v) is 6.76. The molecule has 11 amide bonds. The van der Waals surface area contributed by atoms with E-state index in [0.29, 0.717) is 12.1 Å². The van der Waals surface area contributed by atoms with Gasteiger partial charge in [-0.3, -0.25) is 67.3 Å². The van der Waals surface area contributed by atoms with Crippen molar-refractivity contribution < 1.29 is 72.5 Å². The number of H-pyrrole nitrogens is 1. The third-order valence-electron chi connectivity index (χ3n) is 10.7. The fraction of sp³-hybridized carbons (Fsp3) is 0.630. The Bertz CT molecular complexity index is 2270. The summed E-state index contributed by atoms with van der Waals surface area (Å²) in [6.07, 6.45) is 1.45. The third kappa shape index (κ3) is 28.4. The van der Waals surface area contributed by atoms with E-state index in [1.807, 2.05) is 13.8 Å². The average molecular weight is 1110 g/mol. The van der Waals surface area contributed by atoms with Crippen LogP contribution in [0.1, 0.15) is 100 Å². The lowest BCUT2D eigenvalue weighted by molar-refractivity contribution is -0.142. The maximum Gasteiger partial charge on any atom is 0.305 e. The standard InChI is InChI=1S/C44H75N17O13.C2H4O2/c1-19(2)12-25(45)37(68)56-26(10-9-11-51-44(48)49)39(70)54-22(7)35(66)57-27(13-24-16-50-18-53-24)40(71)55-23(8)36(67)60-33(20(3)4)42(73)59-29(15-32(64)65)41(72)61-34(21(5)6)43(74)58-28(14-30(46)62)38(69)52-17-31(47)63;1-2(3)4/h16,18-23,25-29,33-34H,9-15,17,45H2,1-8H3,(H2,46,62)(H2,47,63)(H,50,53)(H,52,69)(H,54,70)(H,55,71)(H,56,68)(H,57,66)(H,58,74)(H,59,73)(H,60,67)(H,61,72)(H,64,65)(H4,48,49,51);1H3,(H,3,4). The zero-order valence-electron chi connectivity index (χ0n) is 45.2. The molecule has 1 rings (SSSR count). The van der Waals surface area contributed by atoms with E-state index in [0.717, 1.165) is 6.92 Å². The zero-order chi connectivity index (χ0) is 60.1. The number of hydrogen-bond donors (Lipinski definition) is 17. The lowest BCUT2D eigenvalue weighted by Crippen LogP contribution is -2.61. The van der Waals surface area contributed by atoms with Crippen molar-refractivity contribution in [2.45, 2.75) is 155 Å². The van der Waals surface area contributed by atoms with E-state index in [2.05, 4.69) is 62.8 Å². The van der Waals surface area contributed by atoms with Gasteiger partial charge < -0.3 is 91.7 Å². The molecule has 78 heavy (non-hydrogen) atoms. The SMILES string of the molecule is CC(=O)O.CC(C)CC(N)C(=O)NC(CCCN=C(N)N)C(=O)NC(C)C(=O)NC(Cc1cnc[nH]1)C(=O)NC(C)C(=O)NC(C(=O)NC(CC(=O)O)C(=O)NC(C(=O)NC(CC(N)=O)C(=O)NCC(N)=O)C(C)C)C(C)C. The maximum absolute atomic E-state index is 13.8. The molecule has 0 aliphatic heterocycles. The molecule has 9 atom stereocenters. The number of primary amides is 2. The van der Waals surface area contributed by atoms with Gasteiger partial charge in [-0.1, -0.05) is 41.5 Å². The summed E-state index contributed by atoms with van der Waals surface area (Å²) < 4.78 is 0. The van der Waals surface area contributed by atoms with Crippen molar-refractivity contribution in [1.82, 2.24) is 57.8 Å². The van der Waals surface area contributed by atoms with Crippen LogP contribution >= 0.6 is 0 Å². The Morgan fingerprint density at radius 1 is 0.577 bits per heavy atom. The van der Waals surface area contributed by atoms with Crippen molar-refractivity contribution in [3.8, 4) is 0 Å². The molecule has 1 heterocycles. The second-order valence-corrected chi connectivity index (χ2v) is 19.1. The molecule has 0 aromatic carbocycles. The van der Waals surface area contributed by atoms with E-state index in [1.165, 1.54) is 54.1 Å². The molecule has 1 aromatic heterocycles. The molecular formula is C46H79N17O15. The van der Waals surface area contributed by atoms with Gasteiger partial charge in [-0.05, 0) is 50.9 Å². The molecule has 9 unspecified atom stereocenters. The number of aliphatic carboxylic acids is 2. The molecule has 0 aliphatic carbocycles. The van der Waals surface area contributed by atoms with E-state index < -0.39 is 163 Å². The number of hydrogen-bond acceptors (Lipinski definition) is 16. The van der Waals surface area contributed by atoms with Crippen LogP contribution < -0.4 is 76.5 Å². The number of amides is 11. The number of rotatable bonds is 33. The maximum atomic E-state index is 13.8. The number of carboxylic acids is 2. The Morgan fingerprint density at radius 2 is 1.03 bits per heavy atom. The van der Waals surface area contributed by atoms with Crippen LogP contribution in [0.25, 0.3) is 0 Å². The number of guanidine groups is 1. The first-order valence-electron chi connectivity index (χ1n) is 24.6. The minimum absolute atomic E-state index is 0.0626. The molecule has 0 spiro atoms. The summed E-state index contributed by atoms with van der Waals surface area (Å²) in [5, 5.41) is 38.7. The Kier molecular flexibility index (Phi) is 31.2. The Hall–Kier alpha value is -8.45. The molecule has 32 nitrogen and oxygen atoms in total. The van der Waals surface area contributed by atoms with Gasteiger partial charge in [-0.2, -0.15) is 0 Å². The predicted molar refractivity (Wildman–Crippen MR) is 278 cm³/mol. The van der Waals surface area contributed by atoms with E-state index in [-0.39, 0.29) is 37.7 Å². The van der Waals surface area contributed by atoms with Crippen LogP contribution in [-0.2, 0) is 68.7 Å². The lowest BCUT2D eigenvalue weighted by atomic mass is 10.0. The van der Waals surface area contributed by atoms with Gasteiger partial charge in [0, 0.05) is 31.8 Å². The van der Waals surface area contributed by atoms with Gasteiger partial charge in [0.25, 0.3) is 5.97 Å². The summed E-state index contributed by atoms with van der Waals surface area (Å²) in [7, 11) is 0. The van der Waals surface area contributed by atoms with Crippen molar-refractivity contribution in [2.75, 3.05) is 13.1 Å². The molecule has 0 saturated carbocycles. The molecule has 0 fully saturated rings. The normalized spacial score (nSPS) is 14.3. The summed E-state index contributed by atoms with van der Waals surface area (Å²) in [5.74, 6) is -14.1. The first-order chi connectivity index (χ1) is 36.2. The van der Waals surface area contributed by atoms with Crippen molar-refractivity contribution >= 4 is 82.9 Å². The van der Waals surface area contributed by atoms with Crippen molar-refractivity contribution in [2.24, 2.45) is 51.4 Å². The molecule has 0 bridgehead atoms. The van der Waals surface area contributed by atoms with Gasteiger partial charge in [0.1, 0.15) is 48.3 Å². The molecule has 0 radical (unpaired) electrons. The smallest absolute Gasteiger partial charge is 0.305 e. The molecule has 22 N–H and O–H groups in total. The van der Waals surface area contributed by atoms with Crippen LogP contribution in [0.2, 0.25) is 0 Å². The first kappa shape index (κ1) is 69.5. The first-order valence-corrected chi connectivity index (χ1v) is 24.6. The molecular weight excluding hydrogens is 1030 g/mol. The highest BCUT2D eigenvalue weighted by Gasteiger charge is 2.36. The predicted octanol–water partition coefficient (Wildman–Crippen LogP) is -6.35. The van der Waals surface area contributed by atoms with Crippen LogP contribution in [0.5, 0.6) is 0 Å². The molecule has 0 saturated heterocycles. The Balaban J connectivity index is 0.0000143. The second-order valence-electron chi connectivity index (χ2n) is 19.1. The number of nitrogens with zero attached hydrogens (tertiary/aromatic N) is 2. The van der Waals surface area contributed by atoms with Crippen molar-refractivity contribution in [3.63, 3.8) is 0 Å². The zero-order valence-corrected chi connectivity index (χ0v) is 45.2. The van der Waals surface area contributed by atoms with Crippen LogP contribution in [0, 0.1) is 17.8 Å². The van der Waals surface area contributed by atoms with Crippen LogP contribution in [-0.4, -0.2) is 171 Å². The van der Waals surface area contributed by atoms with Gasteiger partial charge in [0.15, 0.2) is 5.96 Å². The monoisotopic (exact) mass is 1110 g/mol. The third-order valence-corrected chi connectivity index (χ3v) is 10.7. The number of aromatic amines is 1. The van der Waals surface area contributed by atoms with Gasteiger partial charge in [0.05, 0.1) is 31.8 Å². The highest BCUT2D eigenvalue weighted by molar-refractivity contribution is 5.99. The number of nitrogens with two attached hydrogens (primary N) is 5. The summed E-state index contributed by atoms with van der Waals surface area (Å²) in [6, 6.07) is -12.6. The highest BCUT2D eigenvalue weighted by atomic mass is 16.4. The van der Waals surface area contributed by atoms with E-state index in [1.54, 1.807) is 0 Å². The Morgan fingerprint density at radius 3 is 1.46 bits per heavy atom. The summed E-state index contributed by atoms with van der Waals surface area (Å²) >= 11 is 0. The minimum atomic E-state index is -1.85. The lowest BCUT2D eigenvalue weighted by Gasteiger charge is -2.28. The summed E-state index contributed by atoms with van der Waals surface area (Å²) in [4.78, 5) is 175. The Labute approximate surface area is 450 Å². The molecule has 438 valence electrons. The van der Waals surface area contributed by atoms with E-state index >= 15 is 0 Å². The summed E-state index contributed by atoms with van der Waals surface area (Å²) in [6.45, 7) is 12.9. The van der Waals surface area contributed by atoms with Crippen LogP contribution in [0.15, 0.2) is 17.5 Å². The van der Waals surface area contributed by atoms with Gasteiger partial charge in [0.2, 0.25) is 65.0 Å². The van der Waals surface area contributed by atoms with Crippen molar-refractivity contribution in [1.29, 1.82) is 0 Å². The quantitative estimate of drug-likeness (QED) is 0.0177. The van der Waals surface area contributed by atoms with Gasteiger partial charge in [-0.15, -0.1) is 0 Å². The number of carbonyl (C=O) groups excluding carboxylic acids is 11. The number of aromatic nitrogens is 2. The van der Waals surface area contributed by atoms with Crippen LogP contribution in [0.3, 0.4) is 0 Å². The number of aliphatic imine (C=N–C) groups is 1. The van der Waals surface area contributed by atoms with Crippen LogP contribution in [0.4, 0.5) is 0 Å². The van der Waals surface area contributed by atoms with E-state index in [9.17, 15) is 62.6 Å². The highest BCUT2D eigenvalue weighted by Crippen LogP contribution is 2.10. The van der Waals surface area contributed by atoms with Gasteiger partial charge >= 0.3 is 5.97 Å². The molecule has 32 heteroatoms. The largest absolute Gasteiger partial charge is 0.481 e. The molecule has 0 aliphatic rings. The topological polar surface area (TPSA) is 542 Å².